The van der Waals surface area contributed by atoms with Gasteiger partial charge in [0.1, 0.15) is 11.5 Å². The number of para-hydroxylation sites is 2. The van der Waals surface area contributed by atoms with Crippen molar-refractivity contribution in [1.82, 2.24) is 0 Å². The molecule has 2 unspecified atom stereocenters. The van der Waals surface area contributed by atoms with Gasteiger partial charge in [-0.05, 0) is 89.3 Å². The van der Waals surface area contributed by atoms with E-state index in [9.17, 15) is 30.4 Å². The normalized spacial score (nSPS) is 16.4. The predicted molar refractivity (Wildman–Crippen MR) is 217 cm³/mol. The Morgan fingerprint density at radius 2 is 0.964 bits per heavy atom. The number of aromatic hydroxyl groups is 2. The number of aliphatic imine (C=N–C) groups is 2. The number of thioether (sulfide) groups is 2. The van der Waals surface area contributed by atoms with Crippen LogP contribution in [0.3, 0.4) is 0 Å². The van der Waals surface area contributed by atoms with Crippen LogP contribution in [-0.4, -0.2) is 31.5 Å². The van der Waals surface area contributed by atoms with Gasteiger partial charge in [0, 0.05) is 79.9 Å². The van der Waals surface area contributed by atoms with Crippen LogP contribution in [0.2, 0.25) is 0 Å². The summed E-state index contributed by atoms with van der Waals surface area (Å²) >= 11 is 3.25. The average Bonchev–Trinajstić information content (AvgIpc) is 3.52. The lowest BCUT2D eigenvalue weighted by Crippen LogP contribution is -2.07. The highest BCUT2D eigenvalue weighted by atomic mass is 32.2. The van der Waals surface area contributed by atoms with Crippen molar-refractivity contribution >= 4 is 57.7 Å². The van der Waals surface area contributed by atoms with E-state index < -0.39 is 9.85 Å². The van der Waals surface area contributed by atoms with Gasteiger partial charge in [0.05, 0.1) is 21.2 Å². The molecule has 2 heterocycles. The zero-order valence-electron chi connectivity index (χ0n) is 29.1. The van der Waals surface area contributed by atoms with E-state index in [4.69, 9.17) is 9.98 Å². The molecule has 0 amide bonds. The van der Waals surface area contributed by atoms with Crippen LogP contribution in [0.15, 0.2) is 153 Å². The molecule has 10 nitrogen and oxygen atoms in total. The van der Waals surface area contributed by atoms with Gasteiger partial charge < -0.3 is 10.2 Å². The first-order valence-corrected chi connectivity index (χ1v) is 19.2. The largest absolute Gasteiger partial charge is 0.508 e. The summed E-state index contributed by atoms with van der Waals surface area (Å²) in [5.41, 5.74) is 8.18. The standard InChI is InChI=1S/C43H32N4O6S2/c48-38-19-9-26(22-32(38)42-24-36(28-11-15-30(16-12-28)46(50)51)44-34-5-1-3-7-40(34)54-42)21-27-10-20-39(49)33(23-27)43-25-37(29-13-17-31(18-14-29)47(52)53)45-35-6-2-4-8-41(35)55-43/h1-20,22-23,42-43,48-49H,21,24-25H2. The minimum absolute atomic E-state index is 0.00699. The number of fused-ring (bicyclic) bond motifs is 2. The summed E-state index contributed by atoms with van der Waals surface area (Å²) < 4.78 is 0. The number of hydrogen-bond donors (Lipinski definition) is 2. The van der Waals surface area contributed by atoms with Crippen LogP contribution in [0.1, 0.15) is 56.7 Å². The molecular formula is C43H32N4O6S2. The number of phenolic OH excluding ortho intramolecular Hbond substituents is 2. The number of nitro groups is 2. The second-order valence-electron chi connectivity index (χ2n) is 13.2. The van der Waals surface area contributed by atoms with E-state index in [2.05, 4.69) is 0 Å². The molecular weight excluding hydrogens is 733 g/mol. The Bertz CT molecular complexity index is 2350. The average molecular weight is 765 g/mol. The monoisotopic (exact) mass is 764 g/mol. The Morgan fingerprint density at radius 1 is 0.564 bits per heavy atom. The molecule has 6 aromatic carbocycles. The van der Waals surface area contributed by atoms with E-state index in [1.54, 1.807) is 59.9 Å². The number of phenols is 2. The molecule has 2 aliphatic heterocycles. The van der Waals surface area contributed by atoms with Crippen molar-refractivity contribution in [1.29, 1.82) is 0 Å². The molecule has 0 saturated heterocycles. The summed E-state index contributed by atoms with van der Waals surface area (Å²) in [6.07, 6.45) is 1.50. The molecule has 0 aliphatic carbocycles. The van der Waals surface area contributed by atoms with Crippen molar-refractivity contribution in [3.05, 3.63) is 187 Å². The van der Waals surface area contributed by atoms with Gasteiger partial charge >= 0.3 is 0 Å². The Morgan fingerprint density at radius 3 is 1.36 bits per heavy atom. The van der Waals surface area contributed by atoms with E-state index >= 15 is 0 Å². The van der Waals surface area contributed by atoms with Gasteiger partial charge in [-0.3, -0.25) is 30.2 Å². The first kappa shape index (κ1) is 35.8. The number of rotatable bonds is 8. The number of nitro benzene ring substituents is 2. The molecule has 0 aromatic heterocycles. The van der Waals surface area contributed by atoms with Crippen molar-refractivity contribution in [2.24, 2.45) is 9.98 Å². The van der Waals surface area contributed by atoms with Gasteiger partial charge in [0.15, 0.2) is 0 Å². The van der Waals surface area contributed by atoms with E-state index in [1.165, 1.54) is 24.3 Å². The van der Waals surface area contributed by atoms with Crippen molar-refractivity contribution in [2.75, 3.05) is 0 Å². The molecule has 272 valence electrons. The smallest absolute Gasteiger partial charge is 0.269 e. The fourth-order valence-corrected chi connectivity index (χ4v) is 9.37. The van der Waals surface area contributed by atoms with Crippen molar-refractivity contribution < 1.29 is 20.1 Å². The fraction of sp³-hybridized carbons (Fsp3) is 0.116. The third-order valence-electron chi connectivity index (χ3n) is 9.65. The van der Waals surface area contributed by atoms with E-state index in [1.807, 2.05) is 72.8 Å². The summed E-state index contributed by atoms with van der Waals surface area (Å²) in [5.74, 6) is 0.336. The van der Waals surface area contributed by atoms with Crippen LogP contribution >= 0.6 is 23.5 Å². The summed E-state index contributed by atoms with van der Waals surface area (Å²) in [7, 11) is 0. The van der Waals surface area contributed by atoms with Crippen LogP contribution in [-0.2, 0) is 6.42 Å². The van der Waals surface area contributed by atoms with Gasteiger partial charge in [-0.25, -0.2) is 0 Å². The lowest BCUT2D eigenvalue weighted by atomic mass is 9.95. The summed E-state index contributed by atoms with van der Waals surface area (Å²) in [6, 6.07) is 39.8. The molecule has 0 radical (unpaired) electrons. The third kappa shape index (κ3) is 7.73. The zero-order chi connectivity index (χ0) is 38.1. The fourth-order valence-electron chi connectivity index (χ4n) is 6.86. The Kier molecular flexibility index (Phi) is 9.92. The predicted octanol–water partition coefficient (Wildman–Crippen LogP) is 11.2. The van der Waals surface area contributed by atoms with E-state index in [0.29, 0.717) is 19.3 Å². The topological polar surface area (TPSA) is 151 Å². The first-order chi connectivity index (χ1) is 26.7. The quantitative estimate of drug-likeness (QED) is 0.115. The van der Waals surface area contributed by atoms with Crippen LogP contribution in [0.25, 0.3) is 0 Å². The Hall–Kier alpha value is -6.24. The molecule has 12 heteroatoms. The minimum atomic E-state index is -0.422. The number of non-ortho nitro benzene ring substituents is 2. The van der Waals surface area contributed by atoms with Crippen molar-refractivity contribution in [3.63, 3.8) is 0 Å². The maximum atomic E-state index is 11.3. The van der Waals surface area contributed by atoms with Crippen LogP contribution in [0.4, 0.5) is 22.7 Å². The number of benzene rings is 6. The number of hydrogen-bond acceptors (Lipinski definition) is 10. The third-order valence-corrected chi connectivity index (χ3v) is 12.3. The van der Waals surface area contributed by atoms with Gasteiger partial charge in [0.2, 0.25) is 0 Å². The maximum absolute atomic E-state index is 11.3. The Labute approximate surface area is 324 Å². The van der Waals surface area contributed by atoms with Crippen molar-refractivity contribution in [3.8, 4) is 11.5 Å². The highest BCUT2D eigenvalue weighted by Gasteiger charge is 2.27. The molecule has 2 atom stereocenters. The van der Waals surface area contributed by atoms with Gasteiger partial charge in [0.25, 0.3) is 11.4 Å². The summed E-state index contributed by atoms with van der Waals surface area (Å²) in [5, 5.41) is 44.8. The second-order valence-corrected chi connectivity index (χ2v) is 15.7. The van der Waals surface area contributed by atoms with Gasteiger partial charge in [-0.15, -0.1) is 23.5 Å². The molecule has 0 saturated carbocycles. The summed E-state index contributed by atoms with van der Waals surface area (Å²) in [6.45, 7) is 0. The molecule has 6 aromatic rings. The highest BCUT2D eigenvalue weighted by Crippen LogP contribution is 2.49. The van der Waals surface area contributed by atoms with Gasteiger partial charge in [-0.2, -0.15) is 0 Å². The molecule has 8 rings (SSSR count). The second kappa shape index (κ2) is 15.2. The Balaban J connectivity index is 1.09. The van der Waals surface area contributed by atoms with E-state index in [0.717, 1.165) is 66.0 Å². The SMILES string of the molecule is O=[N+]([O-])c1ccc(C2=Nc3ccccc3SC(c3cc(Cc4ccc(O)c(C5CC(c6ccc([N+](=O)[O-])cc6)=Nc6ccccc6S5)c4)ccc3O)C2)cc1. The van der Waals surface area contributed by atoms with Crippen LogP contribution in [0, 0.1) is 20.2 Å². The lowest BCUT2D eigenvalue weighted by Gasteiger charge is -2.20. The van der Waals surface area contributed by atoms with Crippen LogP contribution in [0.5, 0.6) is 11.5 Å². The first-order valence-electron chi connectivity index (χ1n) is 17.5. The zero-order valence-corrected chi connectivity index (χ0v) is 30.7. The van der Waals surface area contributed by atoms with Crippen LogP contribution < -0.4 is 0 Å². The van der Waals surface area contributed by atoms with Gasteiger partial charge in [-0.1, -0.05) is 48.5 Å². The number of nitrogens with zero attached hydrogens (tertiary/aromatic N) is 4. The van der Waals surface area contributed by atoms with E-state index in [-0.39, 0.29) is 33.4 Å². The molecule has 2 N–H and O–H groups in total. The summed E-state index contributed by atoms with van der Waals surface area (Å²) in [4.78, 5) is 33.7. The molecule has 0 fully saturated rings. The molecule has 55 heavy (non-hydrogen) atoms. The molecule has 2 aliphatic rings. The molecule has 0 bridgehead atoms. The minimum Gasteiger partial charge on any atom is -0.508 e. The lowest BCUT2D eigenvalue weighted by molar-refractivity contribution is -0.385. The highest BCUT2D eigenvalue weighted by molar-refractivity contribution is 8.00. The molecule has 0 spiro atoms. The van der Waals surface area contributed by atoms with Crippen molar-refractivity contribution in [2.45, 2.75) is 39.6 Å². The maximum Gasteiger partial charge on any atom is 0.269 e.